The number of fused-ring (bicyclic) bond motifs is 3. The fourth-order valence-electron chi connectivity index (χ4n) is 3.64. The lowest BCUT2D eigenvalue weighted by Crippen LogP contribution is -2.32. The van der Waals surface area contributed by atoms with E-state index < -0.39 is 0 Å². The summed E-state index contributed by atoms with van der Waals surface area (Å²) in [6, 6.07) is 13.1. The second kappa shape index (κ2) is 5.77. The van der Waals surface area contributed by atoms with Crippen LogP contribution >= 0.6 is 23.2 Å². The van der Waals surface area contributed by atoms with E-state index in [-0.39, 0.29) is 0 Å². The molecule has 1 atom stereocenters. The molecule has 4 rings (SSSR count). The SMILES string of the molecule is Clc1cccc(-c2ccc3c(c2)CC2CCNCCN32)c1Cl. The van der Waals surface area contributed by atoms with Crippen molar-refractivity contribution in [3.63, 3.8) is 0 Å². The average Bonchev–Trinajstić information content (AvgIpc) is 2.70. The van der Waals surface area contributed by atoms with E-state index in [4.69, 9.17) is 23.2 Å². The van der Waals surface area contributed by atoms with Gasteiger partial charge >= 0.3 is 0 Å². The molecule has 0 amide bonds. The van der Waals surface area contributed by atoms with E-state index in [1.54, 1.807) is 0 Å². The van der Waals surface area contributed by atoms with Crippen LogP contribution in [0, 0.1) is 0 Å². The maximum Gasteiger partial charge on any atom is 0.0670 e. The average molecular weight is 333 g/mol. The second-order valence-electron chi connectivity index (χ2n) is 6.03. The number of halogens is 2. The molecular formula is C18H18Cl2N2. The first-order valence-electron chi connectivity index (χ1n) is 7.79. The monoisotopic (exact) mass is 332 g/mol. The first-order chi connectivity index (χ1) is 10.7. The van der Waals surface area contributed by atoms with Crippen molar-refractivity contribution in [3.8, 4) is 11.1 Å². The highest BCUT2D eigenvalue weighted by atomic mass is 35.5. The van der Waals surface area contributed by atoms with Gasteiger partial charge < -0.3 is 10.2 Å². The maximum atomic E-state index is 6.37. The number of nitrogens with one attached hydrogen (secondary N) is 1. The fraction of sp³-hybridized carbons (Fsp3) is 0.333. The van der Waals surface area contributed by atoms with Gasteiger partial charge in [0.1, 0.15) is 0 Å². The Labute approximate surface area is 141 Å². The van der Waals surface area contributed by atoms with Crippen molar-refractivity contribution in [1.82, 2.24) is 5.32 Å². The molecular weight excluding hydrogens is 315 g/mol. The summed E-state index contributed by atoms with van der Waals surface area (Å²) in [6.07, 6.45) is 2.34. The number of rotatable bonds is 1. The normalized spacial score (nSPS) is 20.5. The Morgan fingerprint density at radius 3 is 2.91 bits per heavy atom. The third kappa shape index (κ3) is 2.40. The van der Waals surface area contributed by atoms with E-state index >= 15 is 0 Å². The van der Waals surface area contributed by atoms with Crippen LogP contribution in [0.25, 0.3) is 11.1 Å². The Bertz CT molecular complexity index is 714. The topological polar surface area (TPSA) is 15.3 Å². The van der Waals surface area contributed by atoms with Gasteiger partial charge in [-0.15, -0.1) is 0 Å². The molecule has 1 fully saturated rings. The van der Waals surface area contributed by atoms with Crippen molar-refractivity contribution >= 4 is 28.9 Å². The van der Waals surface area contributed by atoms with E-state index in [2.05, 4.69) is 28.4 Å². The molecule has 2 aliphatic heterocycles. The van der Waals surface area contributed by atoms with E-state index in [9.17, 15) is 0 Å². The number of hydrogen-bond acceptors (Lipinski definition) is 2. The van der Waals surface area contributed by atoms with Crippen LogP contribution in [0.15, 0.2) is 36.4 Å². The van der Waals surface area contributed by atoms with Crippen LogP contribution in [0.2, 0.25) is 10.0 Å². The molecule has 1 unspecified atom stereocenters. The highest BCUT2D eigenvalue weighted by Crippen LogP contribution is 2.39. The summed E-state index contributed by atoms with van der Waals surface area (Å²) >= 11 is 12.5. The third-order valence-electron chi connectivity index (χ3n) is 4.73. The zero-order valence-corrected chi connectivity index (χ0v) is 13.8. The van der Waals surface area contributed by atoms with Crippen LogP contribution in [-0.2, 0) is 6.42 Å². The van der Waals surface area contributed by atoms with Gasteiger partial charge in [-0.1, -0.05) is 41.4 Å². The van der Waals surface area contributed by atoms with Gasteiger partial charge in [0.15, 0.2) is 0 Å². The summed E-state index contributed by atoms with van der Waals surface area (Å²) in [5.41, 5.74) is 4.99. The zero-order valence-electron chi connectivity index (χ0n) is 12.3. The molecule has 0 aromatic heterocycles. The Balaban J connectivity index is 1.73. The lowest BCUT2D eigenvalue weighted by molar-refractivity contribution is 0.612. The maximum absolute atomic E-state index is 6.37. The Morgan fingerprint density at radius 1 is 1.09 bits per heavy atom. The van der Waals surface area contributed by atoms with Crippen LogP contribution in [0.5, 0.6) is 0 Å². The quantitative estimate of drug-likeness (QED) is 0.833. The number of nitrogens with zero attached hydrogens (tertiary/aromatic N) is 1. The molecule has 2 aromatic rings. The third-order valence-corrected chi connectivity index (χ3v) is 5.55. The Kier molecular flexibility index (Phi) is 3.77. The van der Waals surface area contributed by atoms with Gasteiger partial charge in [-0.05, 0) is 48.7 Å². The van der Waals surface area contributed by atoms with E-state index in [1.807, 2.05) is 18.2 Å². The van der Waals surface area contributed by atoms with Crippen molar-refractivity contribution in [2.24, 2.45) is 0 Å². The van der Waals surface area contributed by atoms with Crippen LogP contribution in [0.1, 0.15) is 12.0 Å². The Morgan fingerprint density at radius 2 is 2.00 bits per heavy atom. The van der Waals surface area contributed by atoms with Crippen molar-refractivity contribution in [2.45, 2.75) is 18.9 Å². The molecule has 1 saturated heterocycles. The van der Waals surface area contributed by atoms with Gasteiger partial charge in [0.25, 0.3) is 0 Å². The van der Waals surface area contributed by atoms with Crippen LogP contribution in [-0.4, -0.2) is 25.7 Å². The second-order valence-corrected chi connectivity index (χ2v) is 6.82. The summed E-state index contributed by atoms with van der Waals surface area (Å²) in [4.78, 5) is 2.55. The molecule has 22 heavy (non-hydrogen) atoms. The molecule has 0 aliphatic carbocycles. The van der Waals surface area contributed by atoms with Crippen molar-refractivity contribution in [3.05, 3.63) is 52.0 Å². The highest BCUT2D eigenvalue weighted by molar-refractivity contribution is 6.43. The van der Waals surface area contributed by atoms with Crippen LogP contribution in [0.3, 0.4) is 0 Å². The van der Waals surface area contributed by atoms with Crippen LogP contribution in [0.4, 0.5) is 5.69 Å². The lowest BCUT2D eigenvalue weighted by Gasteiger charge is -2.24. The van der Waals surface area contributed by atoms with Gasteiger partial charge in [0, 0.05) is 30.4 Å². The minimum atomic E-state index is 0.611. The van der Waals surface area contributed by atoms with Crippen molar-refractivity contribution in [1.29, 1.82) is 0 Å². The molecule has 4 heteroatoms. The molecule has 2 nitrogen and oxygen atoms in total. The van der Waals surface area contributed by atoms with Gasteiger partial charge in [-0.3, -0.25) is 0 Å². The van der Waals surface area contributed by atoms with Crippen molar-refractivity contribution < 1.29 is 0 Å². The molecule has 2 aliphatic rings. The summed E-state index contributed by atoms with van der Waals surface area (Å²) < 4.78 is 0. The van der Waals surface area contributed by atoms with Gasteiger partial charge in [-0.25, -0.2) is 0 Å². The predicted molar refractivity (Wildman–Crippen MR) is 94.2 cm³/mol. The summed E-state index contributed by atoms with van der Waals surface area (Å²) in [5.74, 6) is 0. The van der Waals surface area contributed by atoms with Gasteiger partial charge in [0.2, 0.25) is 0 Å². The fourth-order valence-corrected chi connectivity index (χ4v) is 4.05. The molecule has 2 heterocycles. The number of anilines is 1. The van der Waals surface area contributed by atoms with Gasteiger partial charge in [-0.2, -0.15) is 0 Å². The van der Waals surface area contributed by atoms with Crippen LogP contribution < -0.4 is 10.2 Å². The molecule has 0 bridgehead atoms. The van der Waals surface area contributed by atoms with E-state index in [0.29, 0.717) is 16.1 Å². The molecule has 0 spiro atoms. The summed E-state index contributed by atoms with van der Waals surface area (Å²) in [5, 5.41) is 4.73. The molecule has 0 radical (unpaired) electrons. The molecule has 114 valence electrons. The largest absolute Gasteiger partial charge is 0.367 e. The first-order valence-corrected chi connectivity index (χ1v) is 8.54. The Hall–Kier alpha value is -1.22. The van der Waals surface area contributed by atoms with Crippen molar-refractivity contribution in [2.75, 3.05) is 24.5 Å². The van der Waals surface area contributed by atoms with E-state index in [0.717, 1.165) is 37.2 Å². The number of benzene rings is 2. The molecule has 1 N–H and O–H groups in total. The minimum absolute atomic E-state index is 0.611. The smallest absolute Gasteiger partial charge is 0.0670 e. The highest BCUT2D eigenvalue weighted by Gasteiger charge is 2.30. The lowest BCUT2D eigenvalue weighted by atomic mass is 10.0. The minimum Gasteiger partial charge on any atom is -0.367 e. The molecule has 0 saturated carbocycles. The molecule has 2 aromatic carbocycles. The number of hydrogen-bond donors (Lipinski definition) is 1. The van der Waals surface area contributed by atoms with E-state index in [1.165, 1.54) is 17.7 Å². The summed E-state index contributed by atoms with van der Waals surface area (Å²) in [7, 11) is 0. The standard InChI is InChI=1S/C18H18Cl2N2/c19-16-3-1-2-15(18(16)20)12-4-5-17-13(10-12)11-14-6-7-21-8-9-22(14)17/h1-5,10,14,21H,6-9,11H2. The zero-order chi connectivity index (χ0) is 15.1. The predicted octanol–water partition coefficient (Wildman–Crippen LogP) is 4.38. The van der Waals surface area contributed by atoms with Gasteiger partial charge in [0.05, 0.1) is 10.0 Å². The summed E-state index contributed by atoms with van der Waals surface area (Å²) in [6.45, 7) is 3.27. The first kappa shape index (κ1) is 14.4.